The number of benzene rings is 1. The van der Waals surface area contributed by atoms with Gasteiger partial charge < -0.3 is 4.74 Å². The van der Waals surface area contributed by atoms with Crippen LogP contribution in [0.3, 0.4) is 0 Å². The molecule has 4 heteroatoms. The first-order valence-corrected chi connectivity index (χ1v) is 8.93. The molecule has 1 fully saturated rings. The Balaban J connectivity index is 1.43. The molecule has 2 aromatic heterocycles. The van der Waals surface area contributed by atoms with Crippen LogP contribution in [0.2, 0.25) is 0 Å². The lowest BCUT2D eigenvalue weighted by Crippen LogP contribution is -2.40. The van der Waals surface area contributed by atoms with E-state index in [1.807, 2.05) is 19.1 Å². The predicted molar refractivity (Wildman–Crippen MR) is 99.6 cm³/mol. The Morgan fingerprint density at radius 2 is 2.00 bits per heavy atom. The summed E-state index contributed by atoms with van der Waals surface area (Å²) in [5.41, 5.74) is 3.31. The number of aryl methyl sites for hydroxylation is 1. The van der Waals surface area contributed by atoms with E-state index < -0.39 is 0 Å². The zero-order valence-corrected chi connectivity index (χ0v) is 14.6. The van der Waals surface area contributed by atoms with Gasteiger partial charge in [0.25, 0.3) is 0 Å². The van der Waals surface area contributed by atoms with E-state index in [1.165, 1.54) is 5.56 Å². The number of rotatable bonds is 4. The number of likely N-dealkylation sites (tertiary alicyclic amines) is 1. The van der Waals surface area contributed by atoms with Gasteiger partial charge in [0.1, 0.15) is 6.10 Å². The van der Waals surface area contributed by atoms with E-state index in [2.05, 4.69) is 51.3 Å². The molecule has 1 aliphatic rings. The van der Waals surface area contributed by atoms with Crippen LogP contribution in [0.4, 0.5) is 0 Å². The van der Waals surface area contributed by atoms with E-state index in [4.69, 9.17) is 4.74 Å². The standard InChI is InChI=1S/C21H23N3O/c1-16-19-9-10-21(23-20(19)11-12-22-16)25-18-8-5-13-24(15-18)14-17-6-3-2-4-7-17/h2-4,6-7,9-12,18H,5,8,13-15H2,1H3. The molecule has 0 radical (unpaired) electrons. The number of piperidine rings is 1. The number of fused-ring (bicyclic) bond motifs is 1. The molecule has 1 aromatic carbocycles. The molecular formula is C21H23N3O. The van der Waals surface area contributed by atoms with E-state index in [0.29, 0.717) is 5.88 Å². The van der Waals surface area contributed by atoms with E-state index in [-0.39, 0.29) is 6.10 Å². The molecule has 0 N–H and O–H groups in total. The zero-order valence-electron chi connectivity index (χ0n) is 14.6. The van der Waals surface area contributed by atoms with Crippen molar-refractivity contribution in [2.75, 3.05) is 13.1 Å². The van der Waals surface area contributed by atoms with Crippen LogP contribution in [0.15, 0.2) is 54.7 Å². The molecule has 3 heterocycles. The minimum atomic E-state index is 0.199. The van der Waals surface area contributed by atoms with Crippen molar-refractivity contribution >= 4 is 10.9 Å². The highest BCUT2D eigenvalue weighted by molar-refractivity contribution is 5.80. The molecular weight excluding hydrogens is 310 g/mol. The van der Waals surface area contributed by atoms with Crippen molar-refractivity contribution < 1.29 is 4.74 Å². The van der Waals surface area contributed by atoms with Crippen LogP contribution in [0.1, 0.15) is 24.1 Å². The molecule has 4 rings (SSSR count). The topological polar surface area (TPSA) is 38.3 Å². The van der Waals surface area contributed by atoms with Crippen LogP contribution in [0.5, 0.6) is 5.88 Å². The Morgan fingerprint density at radius 1 is 1.12 bits per heavy atom. The summed E-state index contributed by atoms with van der Waals surface area (Å²) in [4.78, 5) is 11.4. The summed E-state index contributed by atoms with van der Waals surface area (Å²) in [6.45, 7) is 5.07. The molecule has 0 amide bonds. The molecule has 3 aromatic rings. The van der Waals surface area contributed by atoms with Crippen molar-refractivity contribution in [1.82, 2.24) is 14.9 Å². The molecule has 0 bridgehead atoms. The second kappa shape index (κ2) is 7.19. The van der Waals surface area contributed by atoms with Crippen molar-refractivity contribution in [1.29, 1.82) is 0 Å². The molecule has 25 heavy (non-hydrogen) atoms. The van der Waals surface area contributed by atoms with Gasteiger partial charge in [0.2, 0.25) is 5.88 Å². The summed E-state index contributed by atoms with van der Waals surface area (Å²) in [5.74, 6) is 0.713. The maximum atomic E-state index is 6.20. The quantitative estimate of drug-likeness (QED) is 0.724. The fraction of sp³-hybridized carbons (Fsp3) is 0.333. The normalized spacial score (nSPS) is 18.4. The Kier molecular flexibility index (Phi) is 4.61. The number of nitrogens with zero attached hydrogens (tertiary/aromatic N) is 3. The molecule has 0 aliphatic carbocycles. The molecule has 1 saturated heterocycles. The molecule has 1 unspecified atom stereocenters. The Bertz CT molecular complexity index is 850. The average Bonchev–Trinajstić information content (AvgIpc) is 2.63. The summed E-state index contributed by atoms with van der Waals surface area (Å²) in [6, 6.07) is 16.6. The number of ether oxygens (including phenoxy) is 1. The van der Waals surface area contributed by atoms with Gasteiger partial charge in [-0.1, -0.05) is 30.3 Å². The second-order valence-corrected chi connectivity index (χ2v) is 6.72. The fourth-order valence-corrected chi connectivity index (χ4v) is 3.51. The highest BCUT2D eigenvalue weighted by Gasteiger charge is 2.21. The average molecular weight is 333 g/mol. The summed E-state index contributed by atoms with van der Waals surface area (Å²) < 4.78 is 6.20. The first kappa shape index (κ1) is 16.0. The van der Waals surface area contributed by atoms with Gasteiger partial charge in [-0.25, -0.2) is 4.98 Å². The molecule has 4 nitrogen and oxygen atoms in total. The van der Waals surface area contributed by atoms with Gasteiger partial charge in [-0.15, -0.1) is 0 Å². The van der Waals surface area contributed by atoms with Crippen molar-refractivity contribution in [3.05, 3.63) is 66.0 Å². The molecule has 0 spiro atoms. The maximum absolute atomic E-state index is 6.20. The Hall–Kier alpha value is -2.46. The maximum Gasteiger partial charge on any atom is 0.214 e. The van der Waals surface area contributed by atoms with Gasteiger partial charge in [-0.2, -0.15) is 0 Å². The van der Waals surface area contributed by atoms with E-state index >= 15 is 0 Å². The van der Waals surface area contributed by atoms with Gasteiger partial charge in [0, 0.05) is 36.4 Å². The minimum absolute atomic E-state index is 0.199. The minimum Gasteiger partial charge on any atom is -0.473 e. The van der Waals surface area contributed by atoms with Crippen molar-refractivity contribution in [2.24, 2.45) is 0 Å². The Morgan fingerprint density at radius 3 is 2.88 bits per heavy atom. The number of aromatic nitrogens is 2. The number of hydrogen-bond acceptors (Lipinski definition) is 4. The van der Waals surface area contributed by atoms with E-state index in [9.17, 15) is 0 Å². The van der Waals surface area contributed by atoms with Crippen LogP contribution >= 0.6 is 0 Å². The van der Waals surface area contributed by atoms with Gasteiger partial charge in [0.15, 0.2) is 0 Å². The van der Waals surface area contributed by atoms with Crippen LogP contribution in [-0.4, -0.2) is 34.1 Å². The van der Waals surface area contributed by atoms with Crippen molar-refractivity contribution in [2.45, 2.75) is 32.4 Å². The number of hydrogen-bond donors (Lipinski definition) is 0. The van der Waals surface area contributed by atoms with Crippen LogP contribution in [0, 0.1) is 6.92 Å². The smallest absolute Gasteiger partial charge is 0.214 e. The summed E-state index contributed by atoms with van der Waals surface area (Å²) >= 11 is 0. The lowest BCUT2D eigenvalue weighted by molar-refractivity contribution is 0.0811. The third-order valence-corrected chi connectivity index (χ3v) is 4.79. The first-order valence-electron chi connectivity index (χ1n) is 8.93. The van der Waals surface area contributed by atoms with Crippen molar-refractivity contribution in [3.8, 4) is 5.88 Å². The van der Waals surface area contributed by atoms with Crippen LogP contribution < -0.4 is 4.74 Å². The number of pyridine rings is 2. The Labute approximate surface area is 148 Å². The zero-order chi connectivity index (χ0) is 17.1. The molecule has 0 saturated carbocycles. The van der Waals surface area contributed by atoms with E-state index in [0.717, 1.165) is 49.1 Å². The highest BCUT2D eigenvalue weighted by atomic mass is 16.5. The van der Waals surface area contributed by atoms with Gasteiger partial charge >= 0.3 is 0 Å². The predicted octanol–water partition coefficient (Wildman–Crippen LogP) is 3.98. The fourth-order valence-electron chi connectivity index (χ4n) is 3.51. The monoisotopic (exact) mass is 333 g/mol. The van der Waals surface area contributed by atoms with Gasteiger partial charge in [-0.3, -0.25) is 9.88 Å². The van der Waals surface area contributed by atoms with Gasteiger partial charge in [-0.05, 0) is 44.0 Å². The van der Waals surface area contributed by atoms with Crippen molar-refractivity contribution in [3.63, 3.8) is 0 Å². The second-order valence-electron chi connectivity index (χ2n) is 6.72. The molecule has 1 atom stereocenters. The SMILES string of the molecule is Cc1nccc2nc(OC3CCCN(Cc4ccccc4)C3)ccc12. The summed E-state index contributed by atoms with van der Waals surface area (Å²) in [5, 5.41) is 1.09. The third kappa shape index (κ3) is 3.80. The largest absolute Gasteiger partial charge is 0.473 e. The third-order valence-electron chi connectivity index (χ3n) is 4.79. The first-order chi connectivity index (χ1) is 12.3. The van der Waals surface area contributed by atoms with Gasteiger partial charge in [0.05, 0.1) is 5.52 Å². The lowest BCUT2D eigenvalue weighted by Gasteiger charge is -2.32. The molecule has 128 valence electrons. The summed E-state index contributed by atoms with van der Waals surface area (Å²) in [6.07, 6.45) is 4.25. The molecule has 1 aliphatic heterocycles. The summed E-state index contributed by atoms with van der Waals surface area (Å²) in [7, 11) is 0. The van der Waals surface area contributed by atoms with Crippen LogP contribution in [-0.2, 0) is 6.54 Å². The highest BCUT2D eigenvalue weighted by Crippen LogP contribution is 2.22. The van der Waals surface area contributed by atoms with E-state index in [1.54, 1.807) is 6.20 Å². The van der Waals surface area contributed by atoms with Crippen LogP contribution in [0.25, 0.3) is 10.9 Å². The lowest BCUT2D eigenvalue weighted by atomic mass is 10.1.